The lowest BCUT2D eigenvalue weighted by atomic mass is 9.89. The molecule has 3 heterocycles. The predicted molar refractivity (Wildman–Crippen MR) is 253 cm³/mol. The van der Waals surface area contributed by atoms with Crippen LogP contribution in [0.3, 0.4) is 0 Å². The number of allylic oxidation sites excluding steroid dienone is 2. The number of hydrogen-bond acceptors (Lipinski definition) is 2. The van der Waals surface area contributed by atoms with Crippen molar-refractivity contribution in [2.75, 3.05) is 0 Å². The molecule has 0 atom stereocenters. The Morgan fingerprint density at radius 1 is 0.351 bits per heavy atom. The van der Waals surface area contributed by atoms with Gasteiger partial charge in [0.15, 0.2) is 8.07 Å². The Morgan fingerprint density at radius 2 is 0.667 bits per heavy atom. The van der Waals surface area contributed by atoms with Crippen LogP contribution in [0.25, 0.3) is 64.0 Å². The standard InChI is InChI=1S/C54H42S2Si/c1-54(2,3)57(41-31-17-8-18-32-41)52(50-46(37-23-9-4-10-24-37)42-33-19-21-35-44(42)55-50)48(39-27-13-6-14-28-39)49(40-29-15-7-16-30-40)53(57)51-47(38-25-11-5-12-26-38)43-34-20-22-36-45(43)56-51/h4-36H,1-3H3. The van der Waals surface area contributed by atoms with E-state index in [1.165, 1.54) is 90.0 Å². The Labute approximate surface area is 344 Å². The summed E-state index contributed by atoms with van der Waals surface area (Å²) in [5.41, 5.74) is 10.4. The van der Waals surface area contributed by atoms with Crippen LogP contribution in [0.5, 0.6) is 0 Å². The second-order valence-electron chi connectivity index (χ2n) is 15.9. The van der Waals surface area contributed by atoms with Gasteiger partial charge in [0.05, 0.1) is 0 Å². The van der Waals surface area contributed by atoms with Crippen molar-refractivity contribution in [3.63, 3.8) is 0 Å². The number of hydrogen-bond donors (Lipinski definition) is 0. The molecule has 10 rings (SSSR count). The summed E-state index contributed by atoms with van der Waals surface area (Å²) in [6.45, 7) is 7.61. The maximum atomic E-state index is 2.54. The van der Waals surface area contributed by atoms with Crippen LogP contribution in [0.15, 0.2) is 200 Å². The van der Waals surface area contributed by atoms with E-state index in [9.17, 15) is 0 Å². The van der Waals surface area contributed by atoms with Crippen LogP contribution < -0.4 is 5.19 Å². The van der Waals surface area contributed by atoms with E-state index in [1.807, 2.05) is 22.7 Å². The fourth-order valence-corrected chi connectivity index (χ4v) is 19.2. The number of thiophene rings is 2. The zero-order valence-electron chi connectivity index (χ0n) is 32.4. The van der Waals surface area contributed by atoms with E-state index in [4.69, 9.17) is 0 Å². The third-order valence-corrected chi connectivity index (χ3v) is 20.4. The first kappa shape index (κ1) is 35.6. The van der Waals surface area contributed by atoms with Crippen molar-refractivity contribution in [3.05, 3.63) is 221 Å². The van der Waals surface area contributed by atoms with Crippen LogP contribution in [-0.2, 0) is 0 Å². The number of benzene rings is 7. The minimum absolute atomic E-state index is 0.177. The molecular formula is C54H42S2Si. The molecule has 0 radical (unpaired) electrons. The molecule has 0 unspecified atom stereocenters. The zero-order chi connectivity index (χ0) is 38.6. The molecule has 0 aliphatic carbocycles. The van der Waals surface area contributed by atoms with Crippen LogP contribution in [-0.4, -0.2) is 8.07 Å². The van der Waals surface area contributed by atoms with Gasteiger partial charge in [-0.3, -0.25) is 0 Å². The van der Waals surface area contributed by atoms with Gasteiger partial charge in [0.2, 0.25) is 0 Å². The molecule has 3 heteroatoms. The summed E-state index contributed by atoms with van der Waals surface area (Å²) in [5, 5.41) is 6.92. The van der Waals surface area contributed by atoms with Crippen molar-refractivity contribution in [1.29, 1.82) is 0 Å². The van der Waals surface area contributed by atoms with Gasteiger partial charge in [0.25, 0.3) is 0 Å². The Kier molecular flexibility index (Phi) is 8.90. The summed E-state index contributed by atoms with van der Waals surface area (Å²) in [5.74, 6) is 0. The van der Waals surface area contributed by atoms with Gasteiger partial charge in [-0.05, 0) is 66.2 Å². The van der Waals surface area contributed by atoms with Crippen molar-refractivity contribution in [3.8, 4) is 22.3 Å². The van der Waals surface area contributed by atoms with Crippen LogP contribution in [0.1, 0.15) is 41.7 Å². The third kappa shape index (κ3) is 5.68. The molecule has 0 saturated carbocycles. The molecule has 0 saturated heterocycles. The monoisotopic (exact) mass is 782 g/mol. The average molecular weight is 783 g/mol. The Hall–Kier alpha value is -5.84. The van der Waals surface area contributed by atoms with Gasteiger partial charge in [-0.1, -0.05) is 209 Å². The lowest BCUT2D eigenvalue weighted by Crippen LogP contribution is -2.56. The van der Waals surface area contributed by atoms with Gasteiger partial charge in [-0.2, -0.15) is 0 Å². The van der Waals surface area contributed by atoms with Crippen LogP contribution in [0.2, 0.25) is 5.04 Å². The molecular weight excluding hydrogens is 741 g/mol. The molecule has 0 bridgehead atoms. The minimum Gasteiger partial charge on any atom is -0.135 e. The first-order valence-corrected chi connectivity index (χ1v) is 23.4. The highest BCUT2D eigenvalue weighted by molar-refractivity contribution is 7.32. The zero-order valence-corrected chi connectivity index (χ0v) is 35.0. The topological polar surface area (TPSA) is 0 Å². The molecule has 57 heavy (non-hydrogen) atoms. The van der Waals surface area contributed by atoms with Crippen LogP contribution in [0, 0.1) is 0 Å². The van der Waals surface area contributed by atoms with Crippen molar-refractivity contribution >= 4 is 77.6 Å². The fraction of sp³-hybridized carbons (Fsp3) is 0.0741. The quantitative estimate of drug-likeness (QED) is 0.141. The molecule has 0 spiro atoms. The van der Waals surface area contributed by atoms with Gasteiger partial charge in [0, 0.05) is 41.1 Å². The predicted octanol–water partition coefficient (Wildman–Crippen LogP) is 15.2. The summed E-state index contributed by atoms with van der Waals surface area (Å²) in [4.78, 5) is 2.77. The minimum atomic E-state index is -3.12. The van der Waals surface area contributed by atoms with E-state index in [2.05, 4.69) is 221 Å². The van der Waals surface area contributed by atoms with E-state index < -0.39 is 8.07 Å². The molecule has 0 fully saturated rings. The largest absolute Gasteiger partial charge is 0.158 e. The summed E-state index contributed by atoms with van der Waals surface area (Å²) >= 11 is 3.96. The Bertz CT molecular complexity index is 2770. The molecule has 274 valence electrons. The molecule has 2 aromatic heterocycles. The van der Waals surface area contributed by atoms with Crippen LogP contribution in [0.4, 0.5) is 0 Å². The Balaban J connectivity index is 1.49. The summed E-state index contributed by atoms with van der Waals surface area (Å²) < 4.78 is 2.63. The van der Waals surface area contributed by atoms with Crippen molar-refractivity contribution in [2.45, 2.75) is 25.8 Å². The van der Waals surface area contributed by atoms with Crippen molar-refractivity contribution in [2.24, 2.45) is 0 Å². The molecule has 7 aromatic carbocycles. The first-order valence-electron chi connectivity index (χ1n) is 19.8. The third-order valence-electron chi connectivity index (χ3n) is 11.7. The first-order chi connectivity index (χ1) is 28.0. The fourth-order valence-electron chi connectivity index (χ4n) is 9.49. The highest BCUT2D eigenvalue weighted by Gasteiger charge is 2.59. The smallest absolute Gasteiger partial charge is 0.135 e. The lowest BCUT2D eigenvalue weighted by molar-refractivity contribution is 0.742. The molecule has 0 N–H and O–H groups in total. The van der Waals surface area contributed by atoms with E-state index in [0.717, 1.165) is 0 Å². The van der Waals surface area contributed by atoms with E-state index >= 15 is 0 Å². The SMILES string of the molecule is CC(C)(C)[Si]1(c2ccccc2)C(c2sc3ccccc3c2-c2ccccc2)=C(c2ccccc2)C(c2ccccc2)=C1c1sc2ccccc2c1-c1ccccc1. The van der Waals surface area contributed by atoms with Gasteiger partial charge in [0.1, 0.15) is 0 Å². The normalized spacial score (nSPS) is 14.2. The van der Waals surface area contributed by atoms with Crippen LogP contribution >= 0.6 is 22.7 Å². The summed E-state index contributed by atoms with van der Waals surface area (Å²) in [7, 11) is -3.12. The second kappa shape index (κ2) is 14.3. The van der Waals surface area contributed by atoms with E-state index in [0.29, 0.717) is 0 Å². The molecule has 0 amide bonds. The van der Waals surface area contributed by atoms with E-state index in [1.54, 1.807) is 0 Å². The van der Waals surface area contributed by atoms with Gasteiger partial charge in [-0.15, -0.1) is 22.7 Å². The molecule has 1 aliphatic rings. The molecule has 0 nitrogen and oxygen atoms in total. The summed E-state index contributed by atoms with van der Waals surface area (Å²) in [6.07, 6.45) is 0. The summed E-state index contributed by atoms with van der Waals surface area (Å²) in [6, 6.07) is 74.7. The Morgan fingerprint density at radius 3 is 1.04 bits per heavy atom. The van der Waals surface area contributed by atoms with Crippen molar-refractivity contribution in [1.82, 2.24) is 0 Å². The maximum Gasteiger partial charge on any atom is 0.158 e. The number of fused-ring (bicyclic) bond motifs is 2. The van der Waals surface area contributed by atoms with Gasteiger partial charge in [-0.25, -0.2) is 0 Å². The van der Waals surface area contributed by atoms with Gasteiger partial charge >= 0.3 is 0 Å². The second-order valence-corrected chi connectivity index (χ2v) is 22.6. The van der Waals surface area contributed by atoms with Gasteiger partial charge < -0.3 is 0 Å². The lowest BCUT2D eigenvalue weighted by Gasteiger charge is -2.45. The van der Waals surface area contributed by atoms with E-state index in [-0.39, 0.29) is 5.04 Å². The highest BCUT2D eigenvalue weighted by Crippen LogP contribution is 2.66. The number of rotatable bonds is 7. The highest BCUT2D eigenvalue weighted by atomic mass is 32.1. The molecule has 1 aliphatic heterocycles. The van der Waals surface area contributed by atoms with Crippen molar-refractivity contribution < 1.29 is 0 Å². The molecule has 9 aromatic rings. The maximum absolute atomic E-state index is 3.12. The average Bonchev–Trinajstić information content (AvgIpc) is 3.94.